The number of ether oxygens (including phenoxy) is 1. The van der Waals surface area contributed by atoms with Crippen LogP contribution >= 0.6 is 0 Å². The van der Waals surface area contributed by atoms with Crippen LogP contribution < -0.4 is 5.32 Å². The van der Waals surface area contributed by atoms with Crippen molar-refractivity contribution in [1.82, 2.24) is 10.2 Å². The Kier molecular flexibility index (Phi) is 8.05. The maximum atomic E-state index is 11.9. The standard InChI is InChI=1S/C16H25N3O3/c1-3-5-8-18-15(20)14(11-17)12-19-9-6-13(7-10-19)16(21)22-4-2/h12-13H,3-10H2,1-2H3,(H,18,20)/b14-12-. The molecule has 1 heterocycles. The molecule has 6 heteroatoms. The van der Waals surface area contributed by atoms with Crippen LogP contribution in [-0.2, 0) is 14.3 Å². The third-order valence-electron chi connectivity index (χ3n) is 3.64. The summed E-state index contributed by atoms with van der Waals surface area (Å²) in [4.78, 5) is 25.5. The van der Waals surface area contributed by atoms with Crippen molar-refractivity contribution in [2.75, 3.05) is 26.2 Å². The number of amides is 1. The van der Waals surface area contributed by atoms with Gasteiger partial charge in [-0.05, 0) is 26.2 Å². The molecule has 0 aromatic carbocycles. The average molecular weight is 307 g/mol. The van der Waals surface area contributed by atoms with Gasteiger partial charge in [0.2, 0.25) is 0 Å². The number of nitrogens with zero attached hydrogens (tertiary/aromatic N) is 2. The van der Waals surface area contributed by atoms with Crippen molar-refractivity contribution in [2.45, 2.75) is 39.5 Å². The number of likely N-dealkylation sites (tertiary alicyclic amines) is 1. The first-order valence-corrected chi connectivity index (χ1v) is 7.93. The number of piperidine rings is 1. The molecule has 1 rings (SSSR count). The van der Waals surface area contributed by atoms with Gasteiger partial charge in [-0.2, -0.15) is 5.26 Å². The number of hydrogen-bond donors (Lipinski definition) is 1. The van der Waals surface area contributed by atoms with Crippen molar-refractivity contribution in [3.63, 3.8) is 0 Å². The zero-order chi connectivity index (χ0) is 16.4. The van der Waals surface area contributed by atoms with Gasteiger partial charge in [0.25, 0.3) is 5.91 Å². The molecule has 0 aromatic rings. The number of carbonyl (C=O) groups is 2. The van der Waals surface area contributed by atoms with Crippen LogP contribution in [0.3, 0.4) is 0 Å². The largest absolute Gasteiger partial charge is 0.466 e. The molecule has 1 aliphatic rings. The van der Waals surface area contributed by atoms with Crippen molar-refractivity contribution < 1.29 is 14.3 Å². The second-order valence-electron chi connectivity index (χ2n) is 5.33. The highest BCUT2D eigenvalue weighted by Gasteiger charge is 2.25. The fourth-order valence-electron chi connectivity index (χ4n) is 2.32. The van der Waals surface area contributed by atoms with Crippen LogP contribution in [0.1, 0.15) is 39.5 Å². The van der Waals surface area contributed by atoms with Gasteiger partial charge in [0.15, 0.2) is 0 Å². The first-order chi connectivity index (χ1) is 10.6. The molecular formula is C16H25N3O3. The molecule has 22 heavy (non-hydrogen) atoms. The number of unbranched alkanes of at least 4 members (excludes halogenated alkanes) is 1. The van der Waals surface area contributed by atoms with E-state index in [4.69, 9.17) is 10.00 Å². The van der Waals surface area contributed by atoms with E-state index in [0.29, 0.717) is 39.1 Å². The summed E-state index contributed by atoms with van der Waals surface area (Å²) >= 11 is 0. The molecule has 0 saturated carbocycles. The molecule has 0 unspecified atom stereocenters. The van der Waals surface area contributed by atoms with Crippen molar-refractivity contribution in [3.05, 3.63) is 11.8 Å². The van der Waals surface area contributed by atoms with Gasteiger partial charge in [0.05, 0.1) is 12.5 Å². The van der Waals surface area contributed by atoms with E-state index in [2.05, 4.69) is 5.32 Å². The summed E-state index contributed by atoms with van der Waals surface area (Å²) in [6.45, 7) is 6.12. The molecule has 1 N–H and O–H groups in total. The van der Waals surface area contributed by atoms with Crippen LogP contribution in [0.2, 0.25) is 0 Å². The van der Waals surface area contributed by atoms with Crippen molar-refractivity contribution in [1.29, 1.82) is 5.26 Å². The second-order valence-corrected chi connectivity index (χ2v) is 5.33. The van der Waals surface area contributed by atoms with Gasteiger partial charge in [-0.15, -0.1) is 0 Å². The monoisotopic (exact) mass is 307 g/mol. The molecule has 1 aliphatic heterocycles. The minimum absolute atomic E-state index is 0.0754. The Balaban J connectivity index is 2.49. The number of nitriles is 1. The minimum Gasteiger partial charge on any atom is -0.466 e. The molecule has 0 aliphatic carbocycles. The molecular weight excluding hydrogens is 282 g/mol. The van der Waals surface area contributed by atoms with Crippen LogP contribution in [0.25, 0.3) is 0 Å². The van der Waals surface area contributed by atoms with Gasteiger partial charge >= 0.3 is 5.97 Å². The fourth-order valence-corrected chi connectivity index (χ4v) is 2.32. The summed E-state index contributed by atoms with van der Waals surface area (Å²) in [6, 6.07) is 1.95. The highest BCUT2D eigenvalue weighted by molar-refractivity contribution is 5.97. The Morgan fingerprint density at radius 1 is 1.36 bits per heavy atom. The van der Waals surface area contributed by atoms with Crippen molar-refractivity contribution in [2.24, 2.45) is 5.92 Å². The SMILES string of the molecule is CCCCNC(=O)/C(C#N)=C\N1CCC(C(=O)OCC)CC1. The Morgan fingerprint density at radius 2 is 2.05 bits per heavy atom. The summed E-state index contributed by atoms with van der Waals surface area (Å²) in [7, 11) is 0. The smallest absolute Gasteiger partial charge is 0.309 e. The number of hydrogen-bond acceptors (Lipinski definition) is 5. The van der Waals surface area contributed by atoms with Crippen LogP contribution in [0.5, 0.6) is 0 Å². The predicted molar refractivity (Wildman–Crippen MR) is 82.5 cm³/mol. The Labute approximate surface area is 132 Å². The Hall–Kier alpha value is -2.03. The summed E-state index contributed by atoms with van der Waals surface area (Å²) < 4.78 is 5.02. The maximum absolute atomic E-state index is 11.9. The van der Waals surface area contributed by atoms with E-state index >= 15 is 0 Å². The van der Waals surface area contributed by atoms with Gasteiger partial charge < -0.3 is 15.0 Å². The average Bonchev–Trinajstić information content (AvgIpc) is 2.53. The van der Waals surface area contributed by atoms with Crippen molar-refractivity contribution in [3.8, 4) is 6.07 Å². The maximum Gasteiger partial charge on any atom is 0.309 e. The van der Waals surface area contributed by atoms with Gasteiger partial charge in [-0.25, -0.2) is 0 Å². The van der Waals surface area contributed by atoms with Crippen LogP contribution in [0.4, 0.5) is 0 Å². The van der Waals surface area contributed by atoms with Gasteiger partial charge in [-0.1, -0.05) is 13.3 Å². The summed E-state index contributed by atoms with van der Waals surface area (Å²) in [6.07, 6.45) is 4.86. The summed E-state index contributed by atoms with van der Waals surface area (Å²) in [5.74, 6) is -0.555. The molecule has 0 spiro atoms. The normalized spacial score (nSPS) is 16.0. The van der Waals surface area contributed by atoms with E-state index in [1.165, 1.54) is 0 Å². The quantitative estimate of drug-likeness (QED) is 0.334. The fraction of sp³-hybridized carbons (Fsp3) is 0.688. The molecule has 0 aromatic heterocycles. The lowest BCUT2D eigenvalue weighted by atomic mass is 9.97. The van der Waals surface area contributed by atoms with Gasteiger partial charge in [0, 0.05) is 25.8 Å². The highest BCUT2D eigenvalue weighted by Crippen LogP contribution is 2.19. The number of nitrogens with one attached hydrogen (secondary N) is 1. The molecule has 6 nitrogen and oxygen atoms in total. The lowest BCUT2D eigenvalue weighted by molar-refractivity contribution is -0.149. The zero-order valence-electron chi connectivity index (χ0n) is 13.4. The van der Waals surface area contributed by atoms with E-state index in [0.717, 1.165) is 12.8 Å². The van der Waals surface area contributed by atoms with E-state index in [1.54, 1.807) is 13.1 Å². The molecule has 0 radical (unpaired) electrons. The minimum atomic E-state index is -0.330. The van der Waals surface area contributed by atoms with Crippen LogP contribution in [0.15, 0.2) is 11.8 Å². The molecule has 1 saturated heterocycles. The Morgan fingerprint density at radius 3 is 2.59 bits per heavy atom. The van der Waals surface area contributed by atoms with E-state index in [1.807, 2.05) is 17.9 Å². The van der Waals surface area contributed by atoms with Crippen molar-refractivity contribution >= 4 is 11.9 Å². The third-order valence-corrected chi connectivity index (χ3v) is 3.64. The lowest BCUT2D eigenvalue weighted by Gasteiger charge is -2.30. The molecule has 0 atom stereocenters. The second kappa shape index (κ2) is 9.82. The van der Waals surface area contributed by atoms with E-state index < -0.39 is 0 Å². The number of carbonyl (C=O) groups excluding carboxylic acids is 2. The van der Waals surface area contributed by atoms with E-state index in [9.17, 15) is 9.59 Å². The van der Waals surface area contributed by atoms with Crippen LogP contribution in [-0.4, -0.2) is 43.0 Å². The zero-order valence-corrected chi connectivity index (χ0v) is 13.4. The molecule has 1 amide bonds. The van der Waals surface area contributed by atoms with E-state index in [-0.39, 0.29) is 23.4 Å². The molecule has 1 fully saturated rings. The molecule has 122 valence electrons. The van der Waals surface area contributed by atoms with Crippen LogP contribution in [0, 0.1) is 17.2 Å². The third kappa shape index (κ3) is 5.76. The topological polar surface area (TPSA) is 82.4 Å². The van der Waals surface area contributed by atoms with Gasteiger partial charge in [-0.3, -0.25) is 9.59 Å². The molecule has 0 bridgehead atoms. The van der Waals surface area contributed by atoms with Gasteiger partial charge in [0.1, 0.15) is 11.6 Å². The Bertz CT molecular complexity index is 446. The number of esters is 1. The predicted octanol–water partition coefficient (Wildman–Crippen LogP) is 1.59. The lowest BCUT2D eigenvalue weighted by Crippen LogP contribution is -2.35. The number of rotatable bonds is 7. The summed E-state index contributed by atoms with van der Waals surface area (Å²) in [5, 5.41) is 11.9. The first kappa shape index (κ1) is 18.0. The first-order valence-electron chi connectivity index (χ1n) is 7.93. The summed E-state index contributed by atoms with van der Waals surface area (Å²) in [5.41, 5.74) is 0.116. The highest BCUT2D eigenvalue weighted by atomic mass is 16.5.